The van der Waals surface area contributed by atoms with Gasteiger partial charge in [-0.3, -0.25) is 0 Å². The number of thiophene rings is 1. The zero-order valence-corrected chi connectivity index (χ0v) is 18.5. The molecule has 0 aromatic carbocycles. The molecule has 0 aliphatic heterocycles. The van der Waals surface area contributed by atoms with Gasteiger partial charge in [-0.15, -0.1) is 11.3 Å². The van der Waals surface area contributed by atoms with Crippen molar-refractivity contribution in [2.45, 2.75) is 76.9 Å². The van der Waals surface area contributed by atoms with Crippen molar-refractivity contribution < 1.29 is 20.1 Å². The summed E-state index contributed by atoms with van der Waals surface area (Å²) in [5, 5.41) is 39.8. The van der Waals surface area contributed by atoms with Crippen molar-refractivity contribution in [3.63, 3.8) is 0 Å². The second-order valence-electron chi connectivity index (χ2n) is 8.99. The van der Waals surface area contributed by atoms with Gasteiger partial charge >= 0.3 is 5.97 Å². The Balaban J connectivity index is 1.56. The van der Waals surface area contributed by atoms with E-state index in [1.165, 1.54) is 17.8 Å². The Kier molecular flexibility index (Phi) is 7.73. The molecule has 5 atom stereocenters. The van der Waals surface area contributed by atoms with E-state index in [2.05, 4.69) is 13.0 Å². The van der Waals surface area contributed by atoms with Gasteiger partial charge in [0, 0.05) is 10.8 Å². The monoisotopic (exact) mass is 431 g/mol. The van der Waals surface area contributed by atoms with Gasteiger partial charge in [-0.1, -0.05) is 25.5 Å². The van der Waals surface area contributed by atoms with Crippen LogP contribution in [0.2, 0.25) is 0 Å². The summed E-state index contributed by atoms with van der Waals surface area (Å²) in [5.74, 6) is -1.01. The van der Waals surface area contributed by atoms with Crippen LogP contribution in [0.15, 0.2) is 24.3 Å². The van der Waals surface area contributed by atoms with Crippen molar-refractivity contribution >= 4 is 17.3 Å². The minimum Gasteiger partial charge on any atom is -0.477 e. The maximum absolute atomic E-state index is 11.0. The largest absolute Gasteiger partial charge is 0.477 e. The lowest BCUT2D eigenvalue weighted by atomic mass is 9.63. The third-order valence-electron chi connectivity index (χ3n) is 7.43. The van der Waals surface area contributed by atoms with Crippen LogP contribution in [0.1, 0.15) is 72.8 Å². The number of rotatable bonds is 10. The van der Waals surface area contributed by atoms with Crippen LogP contribution in [-0.2, 0) is 6.42 Å². The molecule has 2 saturated carbocycles. The molecule has 0 bridgehead atoms. The first-order valence-corrected chi connectivity index (χ1v) is 12.0. The topological polar surface area (TPSA) is 102 Å². The number of aromatic carboxylic acids is 1. The molecule has 1 aromatic heterocycles. The lowest BCUT2D eigenvalue weighted by Crippen LogP contribution is -2.40. The molecule has 0 saturated heterocycles. The van der Waals surface area contributed by atoms with Gasteiger partial charge in [0.2, 0.25) is 0 Å². The number of nitrogens with zero attached hydrogens (tertiary/aromatic N) is 1. The molecule has 1 aromatic rings. The highest BCUT2D eigenvalue weighted by atomic mass is 32.1. The van der Waals surface area contributed by atoms with E-state index in [0.717, 1.165) is 43.4 Å². The second kappa shape index (κ2) is 10.1. The van der Waals surface area contributed by atoms with Gasteiger partial charge in [-0.05, 0) is 74.8 Å². The van der Waals surface area contributed by atoms with E-state index in [1.54, 1.807) is 6.07 Å². The molecule has 164 valence electrons. The number of carboxylic acid groups (broad SMARTS) is 1. The average Bonchev–Trinajstić information content (AvgIpc) is 3.27. The van der Waals surface area contributed by atoms with Crippen LogP contribution >= 0.6 is 11.3 Å². The molecule has 2 aliphatic rings. The number of aliphatic hydroxyl groups excluding tert-OH is 2. The molecule has 3 N–H and O–H groups in total. The molecule has 30 heavy (non-hydrogen) atoms. The van der Waals surface area contributed by atoms with Crippen LogP contribution in [0.4, 0.5) is 0 Å². The minimum absolute atomic E-state index is 0.0567. The normalized spacial score (nSPS) is 28.9. The average molecular weight is 432 g/mol. The van der Waals surface area contributed by atoms with Crippen molar-refractivity contribution in [3.8, 4) is 6.07 Å². The molecule has 2 aliphatic carbocycles. The molecule has 2 fully saturated rings. The second-order valence-corrected chi connectivity index (χ2v) is 10.2. The number of nitriles is 1. The van der Waals surface area contributed by atoms with Gasteiger partial charge in [0.1, 0.15) is 4.88 Å². The Bertz CT molecular complexity index is 786. The highest BCUT2D eigenvalue weighted by Crippen LogP contribution is 2.48. The van der Waals surface area contributed by atoms with Crippen molar-refractivity contribution in [2.24, 2.45) is 23.2 Å². The Morgan fingerprint density at radius 1 is 1.43 bits per heavy atom. The van der Waals surface area contributed by atoms with Crippen LogP contribution < -0.4 is 0 Å². The molecule has 1 unspecified atom stereocenters. The number of carboxylic acids is 1. The fraction of sp³-hybridized carbons (Fsp3) is 0.667. The number of hydrogen-bond acceptors (Lipinski definition) is 5. The summed E-state index contributed by atoms with van der Waals surface area (Å²) in [6, 6.07) is 5.88. The van der Waals surface area contributed by atoms with E-state index in [-0.39, 0.29) is 29.3 Å². The molecular formula is C24H33NO4S. The van der Waals surface area contributed by atoms with Crippen molar-refractivity contribution in [2.75, 3.05) is 0 Å². The predicted molar refractivity (Wildman–Crippen MR) is 117 cm³/mol. The van der Waals surface area contributed by atoms with E-state index in [0.29, 0.717) is 17.7 Å². The Hall–Kier alpha value is -1.68. The summed E-state index contributed by atoms with van der Waals surface area (Å²) in [7, 11) is 0. The first-order chi connectivity index (χ1) is 14.4. The summed E-state index contributed by atoms with van der Waals surface area (Å²) in [6.45, 7) is 2.15. The van der Waals surface area contributed by atoms with E-state index in [9.17, 15) is 20.3 Å². The van der Waals surface area contributed by atoms with Crippen LogP contribution in [0.5, 0.6) is 0 Å². The molecule has 1 heterocycles. The molecule has 3 rings (SSSR count). The van der Waals surface area contributed by atoms with Gasteiger partial charge in [0.15, 0.2) is 0 Å². The Morgan fingerprint density at radius 3 is 2.77 bits per heavy atom. The van der Waals surface area contributed by atoms with Crippen LogP contribution in [0.3, 0.4) is 0 Å². The van der Waals surface area contributed by atoms with Crippen molar-refractivity contribution in [1.29, 1.82) is 5.26 Å². The summed E-state index contributed by atoms with van der Waals surface area (Å²) in [4.78, 5) is 12.4. The first-order valence-electron chi connectivity index (χ1n) is 11.1. The fourth-order valence-corrected chi connectivity index (χ4v) is 6.15. The molecule has 0 amide bonds. The highest BCUT2D eigenvalue weighted by molar-refractivity contribution is 7.13. The van der Waals surface area contributed by atoms with Gasteiger partial charge in [-0.2, -0.15) is 5.26 Å². The van der Waals surface area contributed by atoms with E-state index in [1.807, 2.05) is 18.2 Å². The van der Waals surface area contributed by atoms with Crippen molar-refractivity contribution in [3.05, 3.63) is 34.0 Å². The summed E-state index contributed by atoms with van der Waals surface area (Å²) in [6.07, 6.45) is 11.2. The smallest absolute Gasteiger partial charge is 0.345 e. The number of aliphatic hydroxyl groups is 2. The lowest BCUT2D eigenvalue weighted by molar-refractivity contribution is -0.0355. The molecule has 5 nitrogen and oxygen atoms in total. The molecule has 0 radical (unpaired) electrons. The first kappa shape index (κ1) is 23.0. The Labute approximate surface area is 183 Å². The highest BCUT2D eigenvalue weighted by Gasteiger charge is 2.42. The van der Waals surface area contributed by atoms with Gasteiger partial charge in [0.25, 0.3) is 0 Å². The van der Waals surface area contributed by atoms with Gasteiger partial charge in [-0.25, -0.2) is 4.79 Å². The summed E-state index contributed by atoms with van der Waals surface area (Å²) >= 11 is 1.30. The van der Waals surface area contributed by atoms with E-state index >= 15 is 0 Å². The standard InChI is InChI=1S/C24H33NO4S/c1-2-24(12-5-13-24)22(27)9-4-8-19-18(16(15-25)14-20(19)26)7-3-6-17-10-11-21(30-17)23(28)29/h4,8,10-11,16,18-20,22,26-27H,2-3,5-7,9,12-14H2,1H3,(H,28,29)/t16-,18+,19+,20-,22?/m1/s1. The zero-order valence-electron chi connectivity index (χ0n) is 17.7. The third-order valence-corrected chi connectivity index (χ3v) is 8.56. The maximum atomic E-state index is 11.0. The van der Waals surface area contributed by atoms with Crippen LogP contribution in [0.25, 0.3) is 0 Å². The maximum Gasteiger partial charge on any atom is 0.345 e. The SMILES string of the molecule is CCC1(C(O)CC=C[C@H]2[C@@H](CCCc3ccc(C(=O)O)s3)[C@@H](C#N)C[C@H]2O)CCC1. The van der Waals surface area contributed by atoms with Gasteiger partial charge in [0.05, 0.1) is 24.2 Å². The van der Waals surface area contributed by atoms with E-state index < -0.39 is 12.1 Å². The van der Waals surface area contributed by atoms with E-state index in [4.69, 9.17) is 5.11 Å². The molecule has 0 spiro atoms. The van der Waals surface area contributed by atoms with Crippen LogP contribution in [-0.4, -0.2) is 33.5 Å². The number of aryl methyl sites for hydroxylation is 1. The predicted octanol–water partition coefficient (Wildman–Crippen LogP) is 4.79. The Morgan fingerprint density at radius 2 is 2.20 bits per heavy atom. The van der Waals surface area contributed by atoms with Crippen molar-refractivity contribution in [1.82, 2.24) is 0 Å². The van der Waals surface area contributed by atoms with Gasteiger partial charge < -0.3 is 15.3 Å². The number of carbonyl (C=O) groups is 1. The zero-order chi connectivity index (χ0) is 21.7. The summed E-state index contributed by atoms with van der Waals surface area (Å²) < 4.78 is 0. The molecule has 6 heteroatoms. The third kappa shape index (κ3) is 4.96. The minimum atomic E-state index is -0.895. The summed E-state index contributed by atoms with van der Waals surface area (Å²) in [5.41, 5.74) is 0.0722. The molecular weight excluding hydrogens is 398 g/mol. The quantitative estimate of drug-likeness (QED) is 0.462. The fourth-order valence-electron chi connectivity index (χ4n) is 5.27. The number of hydrogen-bond donors (Lipinski definition) is 3. The lowest BCUT2D eigenvalue weighted by Gasteiger charge is -2.45. The van der Waals surface area contributed by atoms with Crippen LogP contribution in [0, 0.1) is 34.5 Å².